The summed E-state index contributed by atoms with van der Waals surface area (Å²) in [5.41, 5.74) is 0. The maximum atomic E-state index is 5.67. The number of rotatable bonds is 4. The second-order valence-electron chi connectivity index (χ2n) is 7.54. The molecule has 0 unspecified atom stereocenters. The van der Waals surface area contributed by atoms with Crippen molar-refractivity contribution in [2.45, 2.75) is 26.6 Å². The number of hydrogen-bond acceptors (Lipinski definition) is 2. The first-order valence-electron chi connectivity index (χ1n) is 9.79. The first-order valence-corrected chi connectivity index (χ1v) is 20.9. The van der Waals surface area contributed by atoms with E-state index in [9.17, 15) is 0 Å². The van der Waals surface area contributed by atoms with Gasteiger partial charge in [0.1, 0.15) is 0 Å². The van der Waals surface area contributed by atoms with E-state index < -0.39 is 27.2 Å². The van der Waals surface area contributed by atoms with Crippen LogP contribution in [0.25, 0.3) is 21.5 Å². The molecule has 0 fully saturated rings. The van der Waals surface area contributed by atoms with Gasteiger partial charge in [0.05, 0.1) is 0 Å². The third-order valence-electron chi connectivity index (χ3n) is 4.11. The molecule has 0 N–H and O–H groups in total. The molecule has 160 valence electrons. The van der Waals surface area contributed by atoms with Crippen molar-refractivity contribution in [1.29, 1.82) is 0 Å². The van der Waals surface area contributed by atoms with E-state index in [1.807, 2.05) is 28.8 Å². The molecule has 0 saturated heterocycles. The summed E-state index contributed by atoms with van der Waals surface area (Å²) in [6.07, 6.45) is 0. The maximum Gasteiger partial charge on any atom is 0.188 e. The minimum absolute atomic E-state index is 0.351. The van der Waals surface area contributed by atoms with Crippen LogP contribution in [0, 0.1) is 0 Å². The molecule has 0 heterocycles. The molecule has 0 spiro atoms. The molecule has 4 rings (SSSR count). The predicted molar refractivity (Wildman–Crippen MR) is 132 cm³/mol. The van der Waals surface area contributed by atoms with Crippen LogP contribution in [-0.2, 0) is 23.3 Å². The Hall–Kier alpha value is -1.03. The van der Waals surface area contributed by atoms with Gasteiger partial charge >= 0.3 is 46.5 Å². The molecule has 2 nitrogen and oxygen atoms in total. The van der Waals surface area contributed by atoms with Crippen molar-refractivity contribution < 1.29 is 28.0 Å². The van der Waals surface area contributed by atoms with Gasteiger partial charge in [-0.25, -0.2) is 0 Å². The molecule has 0 aliphatic carbocycles. The third kappa shape index (κ3) is 8.99. The maximum absolute atomic E-state index is 5.67. The third-order valence-corrected chi connectivity index (χ3v) is 8.75. The van der Waals surface area contributed by atoms with Crippen molar-refractivity contribution in [3.63, 3.8) is 0 Å². The molecular weight excluding hydrogens is 510 g/mol. The molecule has 0 aromatic heterocycles. The summed E-state index contributed by atoms with van der Waals surface area (Å²) in [7, 11) is 9.25. The molecule has 0 radical (unpaired) electrons. The monoisotopic (exact) mass is 536 g/mol. The van der Waals surface area contributed by atoms with E-state index in [2.05, 4.69) is 80.3 Å². The minimum atomic E-state index is -1.76. The summed E-state index contributed by atoms with van der Waals surface area (Å²) in [5, 5.41) is 5.03. The van der Waals surface area contributed by atoms with E-state index in [1.54, 1.807) is 0 Å². The number of hydrogen-bond donors (Lipinski definition) is 0. The second-order valence-corrected chi connectivity index (χ2v) is 20.9. The van der Waals surface area contributed by atoms with Gasteiger partial charge in [-0.3, -0.25) is 0 Å². The summed E-state index contributed by atoms with van der Waals surface area (Å²) in [6.45, 7) is 8.71. The summed E-state index contributed by atoms with van der Waals surface area (Å²) in [4.78, 5) is 0. The van der Waals surface area contributed by atoms with Gasteiger partial charge in [-0.1, -0.05) is 17.5 Å². The molecule has 0 saturated carbocycles. The first kappa shape index (κ1) is 25.2. The molecule has 0 aliphatic heterocycles. The van der Waals surface area contributed by atoms with Gasteiger partial charge in [0.2, 0.25) is 0 Å². The number of ether oxygens (including phenoxy) is 1. The van der Waals surface area contributed by atoms with E-state index in [1.165, 1.54) is 16.2 Å². The fourth-order valence-corrected chi connectivity index (χ4v) is 3.00. The Morgan fingerprint density at radius 1 is 0.933 bits per heavy atom. The van der Waals surface area contributed by atoms with Crippen molar-refractivity contribution >= 4 is 50.6 Å². The van der Waals surface area contributed by atoms with E-state index >= 15 is 0 Å². The van der Waals surface area contributed by atoms with Gasteiger partial charge in [0.15, 0.2) is 15.1 Å². The summed E-state index contributed by atoms with van der Waals surface area (Å²) in [6, 6.07) is 26.9. The van der Waals surface area contributed by atoms with Crippen LogP contribution in [0.1, 0.15) is 6.92 Å². The molecule has 4 aromatic carbocycles. The average Bonchev–Trinajstić information content (AvgIpc) is 3.35. The van der Waals surface area contributed by atoms with Gasteiger partial charge in [0, 0.05) is 5.75 Å². The van der Waals surface area contributed by atoms with Gasteiger partial charge in [-0.2, -0.15) is 17.5 Å². The van der Waals surface area contributed by atoms with Gasteiger partial charge in [-0.05, 0) is 19.6 Å². The predicted octanol–water partition coefficient (Wildman–Crippen LogP) is 8.04. The van der Waals surface area contributed by atoms with Crippen LogP contribution in [0.2, 0.25) is 19.6 Å². The van der Waals surface area contributed by atoms with Crippen molar-refractivity contribution in [3.05, 3.63) is 78.9 Å². The Morgan fingerprint density at radius 2 is 1.57 bits per heavy atom. The Labute approximate surface area is 195 Å². The zero-order valence-corrected chi connectivity index (χ0v) is 22.8. The van der Waals surface area contributed by atoms with E-state index in [-0.39, 0.29) is 0 Å². The molecule has 30 heavy (non-hydrogen) atoms. The smallest absolute Gasteiger partial charge is 0.188 e. The normalized spacial score (nSPS) is 10.6. The van der Waals surface area contributed by atoms with Crippen molar-refractivity contribution in [2.24, 2.45) is 0 Å². The number of fused-ring (bicyclic) bond motifs is 2. The van der Waals surface area contributed by atoms with Gasteiger partial charge in [0.25, 0.3) is 0 Å². The number of halogens is 2. The topological polar surface area (TPSA) is 18.5 Å². The van der Waals surface area contributed by atoms with Gasteiger partial charge < -0.3 is 9.16 Å². The Bertz CT molecular complexity index is 1030. The molecule has 0 atom stereocenters. The van der Waals surface area contributed by atoms with E-state index in [4.69, 9.17) is 26.2 Å². The molecule has 6 heteroatoms. The zero-order valence-electron chi connectivity index (χ0n) is 17.9. The van der Waals surface area contributed by atoms with Crippen LogP contribution in [0.3, 0.4) is 0 Å². The average molecular weight is 539 g/mol. The van der Waals surface area contributed by atoms with Crippen molar-refractivity contribution in [2.75, 3.05) is 6.79 Å². The summed E-state index contributed by atoms with van der Waals surface area (Å²) < 4.78 is 13.2. The van der Waals surface area contributed by atoms with Crippen LogP contribution in [-0.4, -0.2) is 18.8 Å². The molecule has 0 amide bonds. The fourth-order valence-electron chi connectivity index (χ4n) is 2.59. The summed E-state index contributed by atoms with van der Waals surface area (Å²) >= 11 is -1.76. The van der Waals surface area contributed by atoms with Crippen molar-refractivity contribution in [1.82, 2.24) is 0 Å². The minimum Gasteiger partial charge on any atom is -0.522 e. The van der Waals surface area contributed by atoms with Gasteiger partial charge in [-0.15, -0.1) is 65.4 Å². The largest absolute Gasteiger partial charge is 0.522 e. The Balaban J connectivity index is 0.000000191. The van der Waals surface area contributed by atoms with E-state index in [0.717, 1.165) is 11.1 Å². The molecule has 0 aliphatic rings. The standard InChI is InChI=1S/C13H17O2Si.C9H7.C2H4.2ClH.Zr/c1-16(2,3)15-10-14-13-9-8-11-6-4-5-7-12(11)13;1-2-5-9-7-3-6-8(9)4-1;1-2;;;/h4-9H,10H2,1-3H3;1-7H;1H,2H3;2*1H;/q2*-1;;;;+2/p-2. The summed E-state index contributed by atoms with van der Waals surface area (Å²) in [5.74, 6) is 0.911. The van der Waals surface area contributed by atoms with Crippen LogP contribution in [0.4, 0.5) is 0 Å². The van der Waals surface area contributed by atoms with Crippen LogP contribution in [0.5, 0.6) is 5.75 Å². The molecule has 0 bridgehead atoms. The Morgan fingerprint density at radius 3 is 2.20 bits per heavy atom. The number of benzene rings is 2. The SMILES string of the molecule is C[CH]=[Zr]([Cl])[Cl].C[Si](C)(C)OCOc1c[cH-]c2ccccc12.c1ccc2[cH-]ccc2c1. The second kappa shape index (κ2) is 12.7. The van der Waals surface area contributed by atoms with Crippen LogP contribution >= 0.6 is 17.0 Å². The van der Waals surface area contributed by atoms with E-state index in [0.29, 0.717) is 6.79 Å². The van der Waals surface area contributed by atoms with Crippen LogP contribution < -0.4 is 4.74 Å². The van der Waals surface area contributed by atoms with Crippen LogP contribution in [0.15, 0.2) is 78.9 Å². The fraction of sp³-hybridized carbons (Fsp3) is 0.208. The quantitative estimate of drug-likeness (QED) is 0.149. The molecular formula is C24H28Cl2O2SiZr-2. The van der Waals surface area contributed by atoms with Crippen molar-refractivity contribution in [3.8, 4) is 5.75 Å². The first-order chi connectivity index (χ1) is 14.3. The zero-order chi connectivity index (χ0) is 22.0. The Kier molecular flexibility index (Phi) is 10.7. The molecule has 4 aromatic rings.